The Balaban J connectivity index is 0.000000100. The van der Waals surface area contributed by atoms with Gasteiger partial charge in [0.25, 0.3) is 0 Å². The van der Waals surface area contributed by atoms with E-state index in [1.54, 1.807) is 12.3 Å². The maximum absolute atomic E-state index is 5.89. The number of aromatic nitrogens is 3. The van der Waals surface area contributed by atoms with Crippen LogP contribution in [-0.2, 0) is 9.47 Å². The number of furan rings is 2. The highest BCUT2D eigenvalue weighted by Crippen LogP contribution is 2.40. The van der Waals surface area contributed by atoms with Gasteiger partial charge in [-0.2, -0.15) is 0 Å². The molecule has 0 N–H and O–H groups in total. The van der Waals surface area contributed by atoms with E-state index in [2.05, 4.69) is 116 Å². The van der Waals surface area contributed by atoms with E-state index in [-0.39, 0.29) is 24.5 Å². The van der Waals surface area contributed by atoms with Crippen molar-refractivity contribution in [3.8, 4) is 0 Å². The Labute approximate surface area is 349 Å². The lowest BCUT2D eigenvalue weighted by Gasteiger charge is -2.19. The van der Waals surface area contributed by atoms with E-state index in [4.69, 9.17) is 29.9 Å². The van der Waals surface area contributed by atoms with Gasteiger partial charge in [-0.05, 0) is 92.2 Å². The number of fused-ring (bicyclic) bond motifs is 12. The van der Waals surface area contributed by atoms with E-state index >= 15 is 0 Å². The number of aliphatic imine (C=N–C) groups is 2. The van der Waals surface area contributed by atoms with Crippen LogP contribution in [0.5, 0.6) is 0 Å². The van der Waals surface area contributed by atoms with Gasteiger partial charge >= 0.3 is 0 Å². The van der Waals surface area contributed by atoms with Gasteiger partial charge in [-0.25, -0.2) is 15.0 Å². The molecule has 12 rings (SSSR count). The lowest BCUT2D eigenvalue weighted by molar-refractivity contribution is 0.0654. The van der Waals surface area contributed by atoms with Crippen molar-refractivity contribution in [2.24, 2.45) is 33.7 Å². The highest BCUT2D eigenvalue weighted by Gasteiger charge is 2.42. The average Bonchev–Trinajstić information content (AvgIpc) is 3.98. The number of nitrogens with zero attached hydrogens (tertiary/aromatic N) is 5. The topological polar surface area (TPSA) is 108 Å². The van der Waals surface area contributed by atoms with E-state index in [1.807, 2.05) is 68.0 Å². The number of allylic oxidation sites excluding steroid dienone is 5. The average molecular weight is 855 g/mol. The quantitative estimate of drug-likeness (QED) is 0.140. The van der Waals surface area contributed by atoms with Crippen molar-refractivity contribution < 1.29 is 18.3 Å². The summed E-state index contributed by atoms with van der Waals surface area (Å²) in [4.78, 5) is 21.3. The summed E-state index contributed by atoms with van der Waals surface area (Å²) in [6.45, 7) is 8.28. The SMILES string of the molecule is CC1=CC2C(C=C1)OC1C=NC=CC12.CC1=CC2C(C=C1)OC1N=CC=CC12.Cc1ccc2oc3ccc(Cl)nc3c2n1.Cc1ccc2oc3ncc(Br)cc3c2c1. The number of hydrogen-bond donors (Lipinski definition) is 0. The summed E-state index contributed by atoms with van der Waals surface area (Å²) in [6.07, 6.45) is 27.7. The smallest absolute Gasteiger partial charge is 0.227 e. The molecule has 0 radical (unpaired) electrons. The van der Waals surface area contributed by atoms with Gasteiger partial charge in [-0.15, -0.1) is 0 Å². The zero-order chi connectivity index (χ0) is 39.9. The molecule has 8 unspecified atom stereocenters. The van der Waals surface area contributed by atoms with Gasteiger partial charge in [0.2, 0.25) is 5.71 Å². The van der Waals surface area contributed by atoms with Gasteiger partial charge in [0.1, 0.15) is 27.9 Å². The maximum Gasteiger partial charge on any atom is 0.227 e. The minimum absolute atomic E-state index is 0.0433. The van der Waals surface area contributed by atoms with E-state index < -0.39 is 0 Å². The van der Waals surface area contributed by atoms with Gasteiger partial charge < -0.3 is 18.3 Å². The molecule has 58 heavy (non-hydrogen) atoms. The van der Waals surface area contributed by atoms with E-state index in [1.165, 1.54) is 16.7 Å². The number of benzene rings is 1. The molecule has 0 saturated carbocycles. The molecule has 1 aromatic carbocycles. The molecule has 4 aliphatic heterocycles. The van der Waals surface area contributed by atoms with Crippen molar-refractivity contribution in [3.05, 3.63) is 148 Å². The summed E-state index contributed by atoms with van der Waals surface area (Å²) in [7, 11) is 0. The number of hydrogen-bond acceptors (Lipinski definition) is 9. The van der Waals surface area contributed by atoms with Crippen LogP contribution in [0.4, 0.5) is 0 Å². The first kappa shape index (κ1) is 38.3. The Hall–Kier alpha value is -5.26. The molecule has 0 amide bonds. The van der Waals surface area contributed by atoms with Crippen molar-refractivity contribution in [1.29, 1.82) is 0 Å². The van der Waals surface area contributed by atoms with Crippen molar-refractivity contribution >= 4 is 84.2 Å². The first-order chi connectivity index (χ1) is 28.2. The normalized spacial score (nSPS) is 26.8. The van der Waals surface area contributed by atoms with E-state index in [9.17, 15) is 0 Å². The molecule has 6 aromatic rings. The molecule has 5 aromatic heterocycles. The van der Waals surface area contributed by atoms with Crippen LogP contribution >= 0.6 is 27.5 Å². The second-order valence-electron chi connectivity index (χ2n) is 15.2. The number of ether oxygens (including phenoxy) is 2. The Kier molecular flexibility index (Phi) is 10.7. The lowest BCUT2D eigenvalue weighted by atomic mass is 9.83. The zero-order valence-electron chi connectivity index (χ0n) is 32.4. The predicted molar refractivity (Wildman–Crippen MR) is 235 cm³/mol. The van der Waals surface area contributed by atoms with Crippen molar-refractivity contribution in [1.82, 2.24) is 15.0 Å². The summed E-state index contributed by atoms with van der Waals surface area (Å²) in [6, 6.07) is 15.5. The third kappa shape index (κ3) is 7.82. The molecule has 9 heterocycles. The fourth-order valence-electron chi connectivity index (χ4n) is 8.19. The fourth-order valence-corrected chi connectivity index (χ4v) is 8.67. The molecule has 0 spiro atoms. The molecule has 2 fully saturated rings. The Morgan fingerprint density at radius 2 is 1.40 bits per heavy atom. The van der Waals surface area contributed by atoms with Gasteiger partial charge in [-0.1, -0.05) is 83.0 Å². The molecule has 9 nitrogen and oxygen atoms in total. The van der Waals surface area contributed by atoms with Gasteiger partial charge in [0.05, 0.1) is 12.2 Å². The number of halogens is 2. The van der Waals surface area contributed by atoms with Crippen molar-refractivity contribution in [3.63, 3.8) is 0 Å². The molecule has 2 aliphatic carbocycles. The minimum atomic E-state index is 0.0433. The van der Waals surface area contributed by atoms with Crippen LogP contribution in [0.25, 0.3) is 44.3 Å². The highest BCUT2D eigenvalue weighted by atomic mass is 79.9. The number of rotatable bonds is 0. The molecule has 6 aliphatic rings. The van der Waals surface area contributed by atoms with Crippen LogP contribution in [0.15, 0.2) is 150 Å². The van der Waals surface area contributed by atoms with Crippen LogP contribution in [-0.4, -0.2) is 51.9 Å². The van der Waals surface area contributed by atoms with Crippen LogP contribution in [0, 0.1) is 37.5 Å². The van der Waals surface area contributed by atoms with Gasteiger partial charge in [-0.3, -0.25) is 9.98 Å². The Morgan fingerprint density at radius 1 is 0.672 bits per heavy atom. The lowest BCUT2D eigenvalue weighted by Crippen LogP contribution is -2.21. The molecule has 8 atom stereocenters. The summed E-state index contributed by atoms with van der Waals surface area (Å²) in [5.41, 5.74) is 9.37. The summed E-state index contributed by atoms with van der Waals surface area (Å²) < 4.78 is 23.9. The van der Waals surface area contributed by atoms with Crippen LogP contribution in [0.1, 0.15) is 25.1 Å². The molecule has 11 heteroatoms. The molecule has 0 bridgehead atoms. The van der Waals surface area contributed by atoms with Crippen LogP contribution in [0.2, 0.25) is 5.15 Å². The first-order valence-corrected chi connectivity index (χ1v) is 20.5. The van der Waals surface area contributed by atoms with E-state index in [0.29, 0.717) is 40.1 Å². The predicted octanol–water partition coefficient (Wildman–Crippen LogP) is 11.6. The minimum Gasteiger partial charge on any atom is -0.453 e. The molecular weight excluding hydrogens is 814 g/mol. The molecule has 292 valence electrons. The Bertz CT molecular complexity index is 2490. The zero-order valence-corrected chi connectivity index (χ0v) is 34.7. The second kappa shape index (κ2) is 16.2. The number of aryl methyl sites for hydroxylation is 2. The second-order valence-corrected chi connectivity index (χ2v) is 16.5. The van der Waals surface area contributed by atoms with Crippen molar-refractivity contribution in [2.45, 2.75) is 52.2 Å². The monoisotopic (exact) mass is 853 g/mol. The van der Waals surface area contributed by atoms with Crippen molar-refractivity contribution in [2.75, 3.05) is 0 Å². The highest BCUT2D eigenvalue weighted by molar-refractivity contribution is 9.10. The third-order valence-corrected chi connectivity index (χ3v) is 11.6. The third-order valence-electron chi connectivity index (χ3n) is 11.0. The summed E-state index contributed by atoms with van der Waals surface area (Å²) in [5.74, 6) is 1.91. The van der Waals surface area contributed by atoms with Gasteiger partial charge in [0.15, 0.2) is 17.4 Å². The fraction of sp³-hybridized carbons (Fsp3) is 0.255. The van der Waals surface area contributed by atoms with Crippen LogP contribution < -0.4 is 0 Å². The van der Waals surface area contributed by atoms with Gasteiger partial charge in [0, 0.05) is 69.4 Å². The van der Waals surface area contributed by atoms with Crippen LogP contribution in [0.3, 0.4) is 0 Å². The Morgan fingerprint density at radius 3 is 2.21 bits per heavy atom. The largest absolute Gasteiger partial charge is 0.453 e. The number of dihydropyridines is 1. The summed E-state index contributed by atoms with van der Waals surface area (Å²) in [5, 5.41) is 2.63. The standard InChI is InChI=1S/C12H8BrNO.2C12H13NO.C11H7ClN2O/c1-7-2-3-11-9(4-7)10-5-8(13)6-14-12(10)15-11;1-8-2-3-11-10(6-8)9-4-5-13-7-12(9)14-11;1-8-4-5-11-10(7-8)9-3-2-6-13-12(9)14-11;1-6-2-3-7-10(13-6)11-8(15-7)4-5-9(12)14-11/h2-6H,1H3;2*2-7,9-12H,1H3;2-5H,1H3. The first-order valence-electron chi connectivity index (χ1n) is 19.4. The maximum atomic E-state index is 5.89. The molecule has 2 saturated heterocycles. The van der Waals surface area contributed by atoms with E-state index in [0.717, 1.165) is 43.1 Å². The molecular formula is C47H41BrClN5O4. The summed E-state index contributed by atoms with van der Waals surface area (Å²) >= 11 is 9.25. The number of pyridine rings is 3.